The molecule has 0 bridgehead atoms. The maximum absolute atomic E-state index is 14.4. The molecule has 0 unspecified atom stereocenters. The van der Waals surface area contributed by atoms with E-state index in [1.165, 1.54) is 19.9 Å². The van der Waals surface area contributed by atoms with E-state index in [1.54, 1.807) is 0 Å². The third-order valence-electron chi connectivity index (χ3n) is 3.75. The molecule has 14 heteroatoms. The smallest absolute Gasteiger partial charge is 0.335 e. The maximum Gasteiger partial charge on any atom is 0.433 e. The number of nitrogens with zero attached hydrogens (tertiary/aromatic N) is 3. The Kier molecular flexibility index (Phi) is 5.48. The topological polar surface area (TPSA) is 140 Å². The van der Waals surface area contributed by atoms with Crippen molar-refractivity contribution in [2.75, 3.05) is 10.6 Å². The van der Waals surface area contributed by atoms with E-state index in [2.05, 4.69) is 0 Å². The summed E-state index contributed by atoms with van der Waals surface area (Å²) >= 11 is 0. The summed E-state index contributed by atoms with van der Waals surface area (Å²) < 4.78 is 78.7. The van der Waals surface area contributed by atoms with E-state index in [-0.39, 0.29) is 10.6 Å². The predicted molar refractivity (Wildman–Crippen MR) is 93.8 cm³/mol. The molecule has 2 rings (SSSR count). The number of benzene rings is 1. The number of nitrogen functional groups attached to an aromatic ring is 1. The van der Waals surface area contributed by atoms with Gasteiger partial charge in [-0.3, -0.25) is 9.52 Å². The summed E-state index contributed by atoms with van der Waals surface area (Å²) in [6.45, 7) is 2.62. The van der Waals surface area contributed by atoms with Gasteiger partial charge in [0.25, 0.3) is 5.56 Å². The summed E-state index contributed by atoms with van der Waals surface area (Å²) in [6.07, 6.45) is -5.13. The minimum Gasteiger partial charge on any atom is -0.335 e. The Balaban J connectivity index is 2.83. The number of nitriles is 1. The van der Waals surface area contributed by atoms with Crippen molar-refractivity contribution in [1.29, 1.82) is 5.26 Å². The highest BCUT2D eigenvalue weighted by atomic mass is 32.2. The zero-order valence-corrected chi connectivity index (χ0v) is 15.6. The highest BCUT2D eigenvalue weighted by Crippen LogP contribution is 2.27. The minimum atomic E-state index is -5.13. The van der Waals surface area contributed by atoms with Crippen LogP contribution in [-0.2, 0) is 16.2 Å². The number of aromatic nitrogens is 2. The lowest BCUT2D eigenvalue weighted by Crippen LogP contribution is -2.45. The van der Waals surface area contributed by atoms with Gasteiger partial charge in [-0.2, -0.15) is 18.4 Å². The average Bonchev–Trinajstić information content (AvgIpc) is 2.59. The van der Waals surface area contributed by atoms with Gasteiger partial charge in [0, 0.05) is 6.07 Å². The number of nitrogens with two attached hydrogens (primary N) is 1. The van der Waals surface area contributed by atoms with Gasteiger partial charge in [-0.1, -0.05) is 0 Å². The summed E-state index contributed by atoms with van der Waals surface area (Å²) in [5.74, 6) is 3.76. The molecular weight excluding hydrogens is 422 g/mol. The Morgan fingerprint density at radius 1 is 1.21 bits per heavy atom. The lowest BCUT2D eigenvalue weighted by Gasteiger charge is -2.16. The number of halogens is 4. The Morgan fingerprint density at radius 2 is 1.79 bits per heavy atom. The first-order valence-corrected chi connectivity index (χ1v) is 9.22. The number of alkyl halides is 3. The van der Waals surface area contributed by atoms with Gasteiger partial charge in [0.1, 0.15) is 11.9 Å². The third kappa shape index (κ3) is 4.09. The molecule has 29 heavy (non-hydrogen) atoms. The average molecular weight is 435 g/mol. The van der Waals surface area contributed by atoms with Gasteiger partial charge < -0.3 is 5.84 Å². The van der Waals surface area contributed by atoms with E-state index in [0.29, 0.717) is 12.1 Å². The summed E-state index contributed by atoms with van der Waals surface area (Å²) in [5, 5.41) is 8.13. The fraction of sp³-hybridized carbons (Fsp3) is 0.267. The fourth-order valence-electron chi connectivity index (χ4n) is 2.18. The van der Waals surface area contributed by atoms with Crippen LogP contribution in [0, 0.1) is 17.1 Å². The van der Waals surface area contributed by atoms with Crippen LogP contribution in [-0.4, -0.2) is 22.9 Å². The molecule has 0 aliphatic rings. The number of hydrogen-bond acceptors (Lipinski definition) is 6. The molecule has 0 fully saturated rings. The molecular formula is C15H13F4N5O4S. The molecule has 0 spiro atoms. The first-order chi connectivity index (χ1) is 13.2. The van der Waals surface area contributed by atoms with Crippen LogP contribution in [0.1, 0.15) is 25.1 Å². The monoisotopic (exact) mass is 435 g/mol. The summed E-state index contributed by atoms with van der Waals surface area (Å²) in [7, 11) is -4.02. The van der Waals surface area contributed by atoms with E-state index >= 15 is 0 Å². The summed E-state index contributed by atoms with van der Waals surface area (Å²) in [5.41, 5.74) is -6.92. The zero-order chi connectivity index (χ0) is 22.3. The Bertz CT molecular complexity index is 1240. The van der Waals surface area contributed by atoms with Crippen LogP contribution in [0.4, 0.5) is 23.2 Å². The molecule has 9 nitrogen and oxygen atoms in total. The lowest BCUT2D eigenvalue weighted by molar-refractivity contribution is -0.143. The first-order valence-electron chi connectivity index (χ1n) is 7.67. The molecule has 156 valence electrons. The second-order valence-electron chi connectivity index (χ2n) is 6.01. The number of anilines is 1. The van der Waals surface area contributed by atoms with Crippen molar-refractivity contribution < 1.29 is 26.0 Å². The molecule has 1 aromatic carbocycles. The molecule has 0 aliphatic heterocycles. The van der Waals surface area contributed by atoms with E-state index in [1.807, 2.05) is 4.72 Å². The van der Waals surface area contributed by atoms with Crippen LogP contribution in [0.15, 0.2) is 27.8 Å². The van der Waals surface area contributed by atoms with Gasteiger partial charge in [0.05, 0.1) is 22.2 Å². The standard InChI is InChI=1S/C15H13F4N5O4S/c1-7(2)29(27,28)22-10-4-11(9(16)3-8(10)6-20)23-13(25)5-12(15(17,18)19)24(21)14(23)26/h3-5,7,22H,21H2,1-2H3. The van der Waals surface area contributed by atoms with E-state index in [9.17, 15) is 35.6 Å². The number of hydrogen-bond donors (Lipinski definition) is 2. The number of sulfonamides is 1. The van der Waals surface area contributed by atoms with Gasteiger partial charge in [-0.05, 0) is 26.0 Å². The van der Waals surface area contributed by atoms with Crippen molar-refractivity contribution in [3.05, 3.63) is 56.1 Å². The molecule has 0 atom stereocenters. The van der Waals surface area contributed by atoms with E-state index in [4.69, 9.17) is 11.1 Å². The molecule has 0 saturated carbocycles. The largest absolute Gasteiger partial charge is 0.433 e. The van der Waals surface area contributed by atoms with Crippen molar-refractivity contribution in [1.82, 2.24) is 9.24 Å². The molecule has 0 radical (unpaired) electrons. The van der Waals surface area contributed by atoms with Gasteiger partial charge in [-0.15, -0.1) is 0 Å². The van der Waals surface area contributed by atoms with Crippen molar-refractivity contribution in [2.24, 2.45) is 0 Å². The molecule has 0 amide bonds. The van der Waals surface area contributed by atoms with Gasteiger partial charge in [-0.25, -0.2) is 26.8 Å². The fourth-order valence-corrected chi connectivity index (χ4v) is 2.89. The van der Waals surface area contributed by atoms with Crippen molar-refractivity contribution in [3.8, 4) is 11.8 Å². The van der Waals surface area contributed by atoms with Crippen LogP contribution in [0.25, 0.3) is 5.69 Å². The molecule has 0 saturated heterocycles. The molecule has 1 heterocycles. The highest BCUT2D eigenvalue weighted by molar-refractivity contribution is 7.93. The van der Waals surface area contributed by atoms with Crippen LogP contribution in [0.5, 0.6) is 0 Å². The predicted octanol–water partition coefficient (Wildman–Crippen LogP) is 0.893. The third-order valence-corrected chi connectivity index (χ3v) is 5.49. The van der Waals surface area contributed by atoms with Crippen LogP contribution >= 0.6 is 0 Å². The highest BCUT2D eigenvalue weighted by Gasteiger charge is 2.36. The van der Waals surface area contributed by atoms with Crippen molar-refractivity contribution in [2.45, 2.75) is 25.3 Å². The van der Waals surface area contributed by atoms with E-state index < -0.39 is 65.8 Å². The number of rotatable bonds is 4. The maximum atomic E-state index is 14.4. The molecule has 1 aromatic heterocycles. The Morgan fingerprint density at radius 3 is 2.28 bits per heavy atom. The molecule has 3 N–H and O–H groups in total. The summed E-state index contributed by atoms with van der Waals surface area (Å²) in [4.78, 5) is 24.3. The van der Waals surface area contributed by atoms with Crippen LogP contribution < -0.4 is 21.8 Å². The van der Waals surface area contributed by atoms with Gasteiger partial charge >= 0.3 is 11.9 Å². The molecule has 0 aliphatic carbocycles. The normalized spacial score (nSPS) is 12.1. The quantitative estimate of drug-likeness (QED) is 0.540. The van der Waals surface area contributed by atoms with Crippen LogP contribution in [0.3, 0.4) is 0 Å². The Hall–Kier alpha value is -3.34. The SMILES string of the molecule is CC(C)S(=O)(=O)Nc1cc(-n2c(=O)cc(C(F)(F)F)n(N)c2=O)c(F)cc1C#N. The van der Waals surface area contributed by atoms with Crippen molar-refractivity contribution in [3.63, 3.8) is 0 Å². The Labute approximate surface area is 160 Å². The minimum absolute atomic E-state index is 0.0150. The molecule has 2 aromatic rings. The van der Waals surface area contributed by atoms with Gasteiger partial charge in [0.2, 0.25) is 10.0 Å². The van der Waals surface area contributed by atoms with E-state index in [0.717, 1.165) is 0 Å². The summed E-state index contributed by atoms with van der Waals surface area (Å²) in [6, 6.07) is 2.69. The first kappa shape index (κ1) is 22.0. The lowest BCUT2D eigenvalue weighted by atomic mass is 10.1. The zero-order valence-electron chi connectivity index (χ0n) is 14.8. The van der Waals surface area contributed by atoms with Gasteiger partial charge in [0.15, 0.2) is 5.69 Å². The second-order valence-corrected chi connectivity index (χ2v) is 8.25. The van der Waals surface area contributed by atoms with Crippen LogP contribution in [0.2, 0.25) is 0 Å². The van der Waals surface area contributed by atoms with Crippen molar-refractivity contribution >= 4 is 15.7 Å². The number of nitrogens with one attached hydrogen (secondary N) is 1. The second kappa shape index (κ2) is 7.24.